The summed E-state index contributed by atoms with van der Waals surface area (Å²) in [5, 5.41) is 6.15. The maximum Gasteiger partial charge on any atom is 0.253 e. The SMILES string of the molecule is Cc1ccc(CNc2ccc(C(=O)NCc3ccc4c(c3)OCO4)cn2)cc1. The Balaban J connectivity index is 1.30. The van der Waals surface area contributed by atoms with E-state index in [0.29, 0.717) is 24.4 Å². The molecule has 6 heteroatoms. The number of ether oxygens (including phenoxy) is 2. The maximum absolute atomic E-state index is 12.3. The lowest BCUT2D eigenvalue weighted by atomic mass is 10.1. The summed E-state index contributed by atoms with van der Waals surface area (Å²) in [5.41, 5.74) is 3.87. The van der Waals surface area contributed by atoms with Crippen LogP contribution in [0, 0.1) is 6.92 Å². The number of anilines is 1. The molecule has 1 amide bonds. The molecule has 2 N–H and O–H groups in total. The van der Waals surface area contributed by atoms with Crippen LogP contribution in [0.5, 0.6) is 11.5 Å². The number of carbonyl (C=O) groups excluding carboxylic acids is 1. The molecule has 0 spiro atoms. The van der Waals surface area contributed by atoms with Crippen LogP contribution in [-0.4, -0.2) is 17.7 Å². The summed E-state index contributed by atoms with van der Waals surface area (Å²) in [5.74, 6) is 1.99. The van der Waals surface area contributed by atoms with Crippen LogP contribution in [0.15, 0.2) is 60.8 Å². The molecule has 0 fully saturated rings. The van der Waals surface area contributed by atoms with Gasteiger partial charge in [-0.15, -0.1) is 0 Å². The molecule has 0 atom stereocenters. The first-order chi connectivity index (χ1) is 13.7. The van der Waals surface area contributed by atoms with Gasteiger partial charge in [-0.05, 0) is 42.3 Å². The van der Waals surface area contributed by atoms with Crippen molar-refractivity contribution < 1.29 is 14.3 Å². The Morgan fingerprint density at radius 3 is 2.54 bits per heavy atom. The molecule has 3 aromatic rings. The normalized spacial score (nSPS) is 11.9. The van der Waals surface area contributed by atoms with E-state index in [2.05, 4.69) is 46.8 Å². The van der Waals surface area contributed by atoms with Gasteiger partial charge in [0.1, 0.15) is 5.82 Å². The Morgan fingerprint density at radius 1 is 0.964 bits per heavy atom. The molecule has 0 saturated carbocycles. The Bertz CT molecular complexity index is 969. The zero-order valence-corrected chi connectivity index (χ0v) is 15.6. The predicted octanol–water partition coefficient (Wildman–Crippen LogP) is 3.66. The van der Waals surface area contributed by atoms with Crippen molar-refractivity contribution >= 4 is 11.7 Å². The number of aromatic nitrogens is 1. The highest BCUT2D eigenvalue weighted by atomic mass is 16.7. The van der Waals surface area contributed by atoms with Gasteiger partial charge >= 0.3 is 0 Å². The van der Waals surface area contributed by atoms with E-state index in [4.69, 9.17) is 9.47 Å². The summed E-state index contributed by atoms with van der Waals surface area (Å²) in [4.78, 5) is 16.7. The van der Waals surface area contributed by atoms with E-state index >= 15 is 0 Å². The molecule has 4 rings (SSSR count). The molecule has 0 unspecified atom stereocenters. The summed E-state index contributed by atoms with van der Waals surface area (Å²) in [6.45, 7) is 3.39. The fourth-order valence-electron chi connectivity index (χ4n) is 2.87. The fourth-order valence-corrected chi connectivity index (χ4v) is 2.87. The fraction of sp³-hybridized carbons (Fsp3) is 0.182. The van der Waals surface area contributed by atoms with Crippen LogP contribution in [0.3, 0.4) is 0 Å². The Hall–Kier alpha value is -3.54. The quantitative estimate of drug-likeness (QED) is 0.688. The molecule has 0 bridgehead atoms. The summed E-state index contributed by atoms with van der Waals surface area (Å²) in [6, 6.07) is 17.5. The zero-order chi connectivity index (χ0) is 19.3. The van der Waals surface area contributed by atoms with E-state index in [1.54, 1.807) is 12.3 Å². The monoisotopic (exact) mass is 375 g/mol. The van der Waals surface area contributed by atoms with Crippen LogP contribution in [0.4, 0.5) is 5.82 Å². The number of rotatable bonds is 6. The van der Waals surface area contributed by atoms with Crippen molar-refractivity contribution in [2.75, 3.05) is 12.1 Å². The number of hydrogen-bond donors (Lipinski definition) is 2. The highest BCUT2D eigenvalue weighted by Crippen LogP contribution is 2.32. The third-order valence-corrected chi connectivity index (χ3v) is 4.51. The largest absolute Gasteiger partial charge is 0.454 e. The van der Waals surface area contributed by atoms with Crippen molar-refractivity contribution in [3.05, 3.63) is 83.0 Å². The number of aryl methyl sites for hydroxylation is 1. The number of amides is 1. The second-order valence-corrected chi connectivity index (χ2v) is 6.64. The molecule has 2 heterocycles. The highest BCUT2D eigenvalue weighted by molar-refractivity contribution is 5.94. The first-order valence-electron chi connectivity index (χ1n) is 9.09. The van der Waals surface area contributed by atoms with E-state index in [1.165, 1.54) is 11.1 Å². The van der Waals surface area contributed by atoms with Gasteiger partial charge < -0.3 is 20.1 Å². The predicted molar refractivity (Wildman–Crippen MR) is 106 cm³/mol. The molecule has 28 heavy (non-hydrogen) atoms. The Morgan fingerprint density at radius 2 is 1.75 bits per heavy atom. The highest BCUT2D eigenvalue weighted by Gasteiger charge is 2.13. The van der Waals surface area contributed by atoms with Crippen molar-refractivity contribution in [3.8, 4) is 11.5 Å². The molecule has 142 valence electrons. The number of carbonyl (C=O) groups is 1. The number of fused-ring (bicyclic) bond motifs is 1. The minimum atomic E-state index is -0.171. The molecule has 0 aliphatic carbocycles. The Kier molecular flexibility index (Phi) is 5.10. The lowest BCUT2D eigenvalue weighted by molar-refractivity contribution is 0.0950. The lowest BCUT2D eigenvalue weighted by Crippen LogP contribution is -2.22. The van der Waals surface area contributed by atoms with Gasteiger partial charge in [0, 0.05) is 19.3 Å². The summed E-state index contributed by atoms with van der Waals surface area (Å²) in [7, 11) is 0. The number of benzene rings is 2. The molecule has 0 saturated heterocycles. The molecular formula is C22H21N3O3. The first-order valence-corrected chi connectivity index (χ1v) is 9.09. The number of nitrogens with zero attached hydrogens (tertiary/aromatic N) is 1. The summed E-state index contributed by atoms with van der Waals surface area (Å²) < 4.78 is 10.6. The van der Waals surface area contributed by atoms with Crippen LogP contribution in [0.2, 0.25) is 0 Å². The number of hydrogen-bond acceptors (Lipinski definition) is 5. The van der Waals surface area contributed by atoms with Crippen LogP contribution < -0.4 is 20.1 Å². The number of nitrogens with one attached hydrogen (secondary N) is 2. The smallest absolute Gasteiger partial charge is 0.253 e. The maximum atomic E-state index is 12.3. The van der Waals surface area contributed by atoms with E-state index in [9.17, 15) is 4.79 Å². The van der Waals surface area contributed by atoms with Gasteiger partial charge in [-0.1, -0.05) is 35.9 Å². The zero-order valence-electron chi connectivity index (χ0n) is 15.6. The molecule has 0 radical (unpaired) electrons. The van der Waals surface area contributed by atoms with Crippen molar-refractivity contribution in [2.45, 2.75) is 20.0 Å². The van der Waals surface area contributed by atoms with Gasteiger partial charge in [-0.25, -0.2) is 4.98 Å². The minimum absolute atomic E-state index is 0.171. The molecule has 2 aromatic carbocycles. The second-order valence-electron chi connectivity index (χ2n) is 6.64. The summed E-state index contributed by atoms with van der Waals surface area (Å²) >= 11 is 0. The molecule has 1 aliphatic heterocycles. The van der Waals surface area contributed by atoms with E-state index in [0.717, 1.165) is 17.1 Å². The van der Waals surface area contributed by atoms with Crippen LogP contribution in [-0.2, 0) is 13.1 Å². The van der Waals surface area contributed by atoms with Crippen molar-refractivity contribution in [1.29, 1.82) is 0 Å². The molecule has 1 aliphatic rings. The topological polar surface area (TPSA) is 72.5 Å². The molecule has 1 aromatic heterocycles. The van der Waals surface area contributed by atoms with E-state index in [1.807, 2.05) is 24.3 Å². The van der Waals surface area contributed by atoms with E-state index in [-0.39, 0.29) is 12.7 Å². The van der Waals surface area contributed by atoms with Crippen LogP contribution in [0.1, 0.15) is 27.0 Å². The second kappa shape index (κ2) is 8.00. The summed E-state index contributed by atoms with van der Waals surface area (Å²) in [6.07, 6.45) is 1.58. The van der Waals surface area contributed by atoms with Crippen molar-refractivity contribution in [2.24, 2.45) is 0 Å². The van der Waals surface area contributed by atoms with Crippen molar-refractivity contribution in [1.82, 2.24) is 10.3 Å². The van der Waals surface area contributed by atoms with Crippen LogP contribution in [0.25, 0.3) is 0 Å². The standard InChI is InChI=1S/C22H21N3O3/c1-15-2-4-16(5-3-15)11-23-21-9-7-18(13-24-21)22(26)25-12-17-6-8-19-20(10-17)28-14-27-19/h2-10,13H,11-12,14H2,1H3,(H,23,24)(H,25,26). The van der Waals surface area contributed by atoms with Crippen molar-refractivity contribution in [3.63, 3.8) is 0 Å². The minimum Gasteiger partial charge on any atom is -0.454 e. The van der Waals surface area contributed by atoms with Gasteiger partial charge in [0.25, 0.3) is 5.91 Å². The Labute approximate surface area is 163 Å². The molecule has 6 nitrogen and oxygen atoms in total. The average molecular weight is 375 g/mol. The number of pyridine rings is 1. The first kappa shape index (κ1) is 17.9. The average Bonchev–Trinajstić information content (AvgIpc) is 3.20. The van der Waals surface area contributed by atoms with E-state index < -0.39 is 0 Å². The van der Waals surface area contributed by atoms with Gasteiger partial charge in [0.15, 0.2) is 11.5 Å². The van der Waals surface area contributed by atoms with Gasteiger partial charge in [-0.2, -0.15) is 0 Å². The van der Waals surface area contributed by atoms with Gasteiger partial charge in [0.2, 0.25) is 6.79 Å². The molecular weight excluding hydrogens is 354 g/mol. The third kappa shape index (κ3) is 4.23. The van der Waals surface area contributed by atoms with Gasteiger partial charge in [0.05, 0.1) is 5.56 Å². The van der Waals surface area contributed by atoms with Gasteiger partial charge in [-0.3, -0.25) is 4.79 Å². The third-order valence-electron chi connectivity index (χ3n) is 4.51. The van der Waals surface area contributed by atoms with Crippen LogP contribution >= 0.6 is 0 Å². The lowest BCUT2D eigenvalue weighted by Gasteiger charge is -2.08.